The molecule has 0 radical (unpaired) electrons. The van der Waals surface area contributed by atoms with E-state index in [0.29, 0.717) is 6.61 Å². The lowest BCUT2D eigenvalue weighted by molar-refractivity contribution is -0.698. The van der Waals surface area contributed by atoms with Gasteiger partial charge in [-0.1, -0.05) is 18.2 Å². The molecular weight excluding hydrogens is 318 g/mol. The maximum atomic E-state index is 10.9. The van der Waals surface area contributed by atoms with Crippen molar-refractivity contribution < 1.29 is 27.1 Å². The number of aromatic nitrogens is 1. The number of hydrogen-bond acceptors (Lipinski definition) is 5. The minimum absolute atomic E-state index is 0.0962. The van der Waals surface area contributed by atoms with Crippen molar-refractivity contribution in [1.82, 2.24) is 0 Å². The summed E-state index contributed by atoms with van der Waals surface area (Å²) < 4.78 is 37.7. The lowest BCUT2D eigenvalue weighted by atomic mass is 10.2. The molecular formula is C16H19NO5S. The van der Waals surface area contributed by atoms with Gasteiger partial charge < -0.3 is 9.29 Å². The number of carbonyl (C=O) groups excluding carboxylic acids is 1. The van der Waals surface area contributed by atoms with Crippen LogP contribution in [0.5, 0.6) is 0 Å². The first-order valence-electron chi connectivity index (χ1n) is 6.84. The lowest BCUT2D eigenvalue weighted by Gasteiger charge is -2.04. The summed E-state index contributed by atoms with van der Waals surface area (Å²) in [6, 6.07) is 10.8. The highest BCUT2D eigenvalue weighted by molar-refractivity contribution is 7.85. The van der Waals surface area contributed by atoms with Gasteiger partial charge in [0, 0.05) is 24.8 Å². The van der Waals surface area contributed by atoms with Gasteiger partial charge in [0.15, 0.2) is 24.7 Å². The fraction of sp³-hybridized carbons (Fsp3) is 0.250. The summed E-state index contributed by atoms with van der Waals surface area (Å²) in [5.41, 5.74) is 0.744. The van der Waals surface area contributed by atoms with Gasteiger partial charge in [-0.3, -0.25) is 4.79 Å². The van der Waals surface area contributed by atoms with Gasteiger partial charge in [0.05, 0.1) is 4.90 Å². The Labute approximate surface area is 136 Å². The minimum Gasteiger partial charge on any atom is -0.744 e. The topological polar surface area (TPSA) is 87.4 Å². The van der Waals surface area contributed by atoms with E-state index in [4.69, 9.17) is 4.74 Å². The number of ketones is 1. The molecule has 0 spiro atoms. The average molecular weight is 337 g/mol. The zero-order valence-electron chi connectivity index (χ0n) is 13.0. The normalized spacial score (nSPS) is 10.6. The van der Waals surface area contributed by atoms with Crippen molar-refractivity contribution in [1.29, 1.82) is 0 Å². The van der Waals surface area contributed by atoms with E-state index in [1.807, 2.05) is 29.1 Å². The third-order valence-corrected chi connectivity index (χ3v) is 3.73. The molecule has 0 aliphatic heterocycles. The first kappa shape index (κ1) is 19.0. The molecule has 0 bridgehead atoms. The summed E-state index contributed by atoms with van der Waals surface area (Å²) in [7, 11) is -2.58. The third kappa shape index (κ3) is 7.14. The maximum Gasteiger partial charge on any atom is 0.171 e. The molecule has 0 atom stereocenters. The van der Waals surface area contributed by atoms with Gasteiger partial charge in [-0.15, -0.1) is 0 Å². The number of nitrogens with zero attached hydrogens (tertiary/aromatic N) is 1. The van der Waals surface area contributed by atoms with E-state index in [2.05, 4.69) is 0 Å². The molecule has 0 saturated carbocycles. The van der Waals surface area contributed by atoms with Crippen LogP contribution in [0.3, 0.4) is 0 Å². The second-order valence-electron chi connectivity index (χ2n) is 4.64. The van der Waals surface area contributed by atoms with Gasteiger partial charge in [0.1, 0.15) is 16.7 Å². The monoisotopic (exact) mass is 337 g/mol. The molecule has 2 aromatic rings. The molecule has 1 aromatic heterocycles. The Morgan fingerprint density at radius 1 is 1.13 bits per heavy atom. The van der Waals surface area contributed by atoms with Crippen molar-refractivity contribution >= 4 is 15.9 Å². The molecule has 23 heavy (non-hydrogen) atoms. The Hall–Kier alpha value is -2.09. The van der Waals surface area contributed by atoms with E-state index in [1.54, 1.807) is 20.1 Å². The van der Waals surface area contributed by atoms with Gasteiger partial charge in [-0.25, -0.2) is 13.0 Å². The van der Waals surface area contributed by atoms with Gasteiger partial charge in [-0.05, 0) is 19.1 Å². The standard InChI is InChI=1S/C10H14NO2.C6H6O3S/c1-9(12)10-3-5-11(6-4-10)7-8-13-2;7-10(8,9)6-4-2-1-3-5-6/h3-6H,7-8H2,1-2H3;1-5H,(H,7,8,9)/q+1;/p-1. The molecule has 0 amide bonds. The Morgan fingerprint density at radius 3 is 2.09 bits per heavy atom. The SMILES string of the molecule is COCC[n+]1ccc(C(C)=O)cc1.O=S(=O)([O-])c1ccccc1. The van der Waals surface area contributed by atoms with Crippen LogP contribution in [0.25, 0.3) is 0 Å². The zero-order valence-corrected chi connectivity index (χ0v) is 13.8. The summed E-state index contributed by atoms with van der Waals surface area (Å²) >= 11 is 0. The van der Waals surface area contributed by atoms with E-state index in [9.17, 15) is 17.8 Å². The number of rotatable bonds is 5. The van der Waals surface area contributed by atoms with Gasteiger partial charge in [-0.2, -0.15) is 0 Å². The van der Waals surface area contributed by atoms with Gasteiger partial charge >= 0.3 is 0 Å². The third-order valence-electron chi connectivity index (χ3n) is 2.88. The summed E-state index contributed by atoms with van der Waals surface area (Å²) in [5.74, 6) is 0.0962. The van der Waals surface area contributed by atoms with Crippen molar-refractivity contribution in [3.63, 3.8) is 0 Å². The van der Waals surface area contributed by atoms with Crippen molar-refractivity contribution in [3.8, 4) is 0 Å². The number of benzene rings is 1. The molecule has 1 heterocycles. The smallest absolute Gasteiger partial charge is 0.171 e. The largest absolute Gasteiger partial charge is 0.744 e. The molecule has 124 valence electrons. The fourth-order valence-electron chi connectivity index (χ4n) is 1.62. The average Bonchev–Trinajstić information content (AvgIpc) is 2.54. The Morgan fingerprint density at radius 2 is 1.70 bits per heavy atom. The number of carbonyl (C=O) groups is 1. The second-order valence-corrected chi connectivity index (χ2v) is 6.02. The number of hydrogen-bond donors (Lipinski definition) is 0. The molecule has 0 N–H and O–H groups in total. The summed E-state index contributed by atoms with van der Waals surface area (Å²) in [5, 5.41) is 0. The highest BCUT2D eigenvalue weighted by Gasteiger charge is 2.02. The molecule has 0 aliphatic rings. The highest BCUT2D eigenvalue weighted by Crippen LogP contribution is 2.05. The maximum absolute atomic E-state index is 10.9. The van der Waals surface area contributed by atoms with Gasteiger partial charge in [0.2, 0.25) is 0 Å². The molecule has 2 rings (SSSR count). The summed E-state index contributed by atoms with van der Waals surface area (Å²) in [6.07, 6.45) is 3.77. The van der Waals surface area contributed by atoms with Crippen LogP contribution in [0.1, 0.15) is 17.3 Å². The second kappa shape index (κ2) is 9.14. The van der Waals surface area contributed by atoms with Crippen LogP contribution in [0, 0.1) is 0 Å². The number of ether oxygens (including phenoxy) is 1. The van der Waals surface area contributed by atoms with Crippen LogP contribution >= 0.6 is 0 Å². The van der Waals surface area contributed by atoms with E-state index in [1.165, 1.54) is 24.3 Å². The van der Waals surface area contributed by atoms with E-state index < -0.39 is 10.1 Å². The molecule has 1 aromatic carbocycles. The van der Waals surface area contributed by atoms with E-state index in [-0.39, 0.29) is 10.7 Å². The quantitative estimate of drug-likeness (QED) is 0.468. The van der Waals surface area contributed by atoms with E-state index in [0.717, 1.165) is 12.1 Å². The van der Waals surface area contributed by atoms with Crippen molar-refractivity contribution in [2.45, 2.75) is 18.4 Å². The van der Waals surface area contributed by atoms with Crippen molar-refractivity contribution in [3.05, 3.63) is 60.4 Å². The molecule has 7 heteroatoms. The van der Waals surface area contributed by atoms with Crippen molar-refractivity contribution in [2.75, 3.05) is 13.7 Å². The fourth-order valence-corrected chi connectivity index (χ4v) is 2.12. The number of Topliss-reactive ketones (excluding diaryl/α,β-unsaturated/α-hetero) is 1. The predicted molar refractivity (Wildman–Crippen MR) is 82.9 cm³/mol. The number of methoxy groups -OCH3 is 1. The summed E-state index contributed by atoms with van der Waals surface area (Å²) in [6.45, 7) is 3.06. The molecule has 0 fully saturated rings. The van der Waals surface area contributed by atoms with Crippen LogP contribution in [-0.2, 0) is 21.4 Å². The van der Waals surface area contributed by atoms with Crippen LogP contribution in [0.15, 0.2) is 59.8 Å². The zero-order chi connectivity index (χ0) is 17.3. The van der Waals surface area contributed by atoms with Gasteiger partial charge in [0.25, 0.3) is 0 Å². The predicted octanol–water partition coefficient (Wildman–Crippen LogP) is 1.41. The Balaban J connectivity index is 0.000000238. The van der Waals surface area contributed by atoms with Crippen LogP contribution in [0.4, 0.5) is 0 Å². The highest BCUT2D eigenvalue weighted by atomic mass is 32.2. The van der Waals surface area contributed by atoms with Crippen LogP contribution < -0.4 is 4.57 Å². The number of pyridine rings is 1. The Kier molecular flexibility index (Phi) is 7.53. The molecule has 0 aliphatic carbocycles. The lowest BCUT2D eigenvalue weighted by Crippen LogP contribution is -2.35. The Bertz CT molecular complexity index is 712. The van der Waals surface area contributed by atoms with Crippen molar-refractivity contribution in [2.24, 2.45) is 0 Å². The van der Waals surface area contributed by atoms with Crippen LogP contribution in [0.2, 0.25) is 0 Å². The van der Waals surface area contributed by atoms with E-state index >= 15 is 0 Å². The first-order chi connectivity index (χ1) is 10.8. The first-order valence-corrected chi connectivity index (χ1v) is 8.25. The molecule has 0 unspecified atom stereocenters. The minimum atomic E-state index is -4.25. The van der Waals surface area contributed by atoms with Crippen LogP contribution in [-0.4, -0.2) is 32.5 Å². The molecule has 6 nitrogen and oxygen atoms in total. The summed E-state index contributed by atoms with van der Waals surface area (Å²) in [4.78, 5) is 10.8. The molecule has 0 saturated heterocycles.